The number of carboxylic acid groups (broad SMARTS) is 1. The van der Waals surface area contributed by atoms with E-state index in [0.29, 0.717) is 18.4 Å². The van der Waals surface area contributed by atoms with Gasteiger partial charge in [-0.25, -0.2) is 14.0 Å². The molecule has 0 aliphatic heterocycles. The van der Waals surface area contributed by atoms with E-state index < -0.39 is 23.9 Å². The van der Waals surface area contributed by atoms with E-state index in [-0.39, 0.29) is 5.69 Å². The minimum Gasteiger partial charge on any atom is -0.480 e. The first-order valence-electron chi connectivity index (χ1n) is 6.01. The molecule has 0 heterocycles. The number of halogens is 1. The van der Waals surface area contributed by atoms with Crippen molar-refractivity contribution in [2.75, 3.05) is 5.32 Å². The van der Waals surface area contributed by atoms with Gasteiger partial charge in [-0.2, -0.15) is 0 Å². The van der Waals surface area contributed by atoms with Gasteiger partial charge in [-0.3, -0.25) is 0 Å². The maximum atomic E-state index is 13.6. The van der Waals surface area contributed by atoms with Gasteiger partial charge in [0.05, 0.1) is 5.69 Å². The van der Waals surface area contributed by atoms with E-state index in [4.69, 9.17) is 5.11 Å². The molecule has 0 aromatic heterocycles. The predicted octanol–water partition coefficient (Wildman–Crippen LogP) is 2.51. The highest BCUT2D eigenvalue weighted by Crippen LogP contribution is 2.16. The summed E-state index contributed by atoms with van der Waals surface area (Å²) in [6.07, 6.45) is 0.940. The van der Waals surface area contributed by atoms with Crippen LogP contribution in [0.1, 0.15) is 25.3 Å². The Hall–Kier alpha value is -2.11. The molecule has 1 rings (SSSR count). The molecule has 1 aromatic rings. The normalized spacial score (nSPS) is 11.7. The molecule has 0 aliphatic carbocycles. The molecule has 104 valence electrons. The van der Waals surface area contributed by atoms with Gasteiger partial charge in [0.15, 0.2) is 0 Å². The number of aliphatic carboxylic acids is 1. The molecule has 1 atom stereocenters. The second-order valence-electron chi connectivity index (χ2n) is 4.21. The van der Waals surface area contributed by atoms with Crippen LogP contribution < -0.4 is 10.6 Å². The Kier molecular flexibility index (Phi) is 5.29. The maximum Gasteiger partial charge on any atom is 0.326 e. The number of carbonyl (C=O) groups is 2. The minimum atomic E-state index is -1.11. The van der Waals surface area contributed by atoms with Gasteiger partial charge < -0.3 is 15.7 Å². The van der Waals surface area contributed by atoms with Crippen molar-refractivity contribution < 1.29 is 19.1 Å². The Balaban J connectivity index is 2.69. The first-order chi connectivity index (χ1) is 8.95. The van der Waals surface area contributed by atoms with Crippen LogP contribution in [0.25, 0.3) is 0 Å². The lowest BCUT2D eigenvalue weighted by Gasteiger charge is -2.14. The van der Waals surface area contributed by atoms with Crippen LogP contribution in [0.5, 0.6) is 0 Å². The first kappa shape index (κ1) is 14.9. The number of benzene rings is 1. The zero-order valence-corrected chi connectivity index (χ0v) is 10.9. The summed E-state index contributed by atoms with van der Waals surface area (Å²) in [6, 6.07) is 2.89. The topological polar surface area (TPSA) is 78.4 Å². The third-order valence-corrected chi connectivity index (χ3v) is 2.62. The van der Waals surface area contributed by atoms with Crippen LogP contribution in [0.3, 0.4) is 0 Å². The second kappa shape index (κ2) is 6.72. The number of carboxylic acids is 1. The fourth-order valence-electron chi connectivity index (χ4n) is 1.61. The van der Waals surface area contributed by atoms with E-state index in [2.05, 4.69) is 10.6 Å². The van der Waals surface area contributed by atoms with Crippen molar-refractivity contribution >= 4 is 17.7 Å². The van der Waals surface area contributed by atoms with Crippen molar-refractivity contribution in [3.8, 4) is 0 Å². The molecule has 0 unspecified atom stereocenters. The van der Waals surface area contributed by atoms with Crippen LogP contribution >= 0.6 is 0 Å². The van der Waals surface area contributed by atoms with Gasteiger partial charge in [0, 0.05) is 0 Å². The van der Waals surface area contributed by atoms with Crippen LogP contribution in [-0.4, -0.2) is 23.1 Å². The van der Waals surface area contributed by atoms with Crippen molar-refractivity contribution in [1.29, 1.82) is 0 Å². The molecular weight excluding hydrogens is 251 g/mol. The van der Waals surface area contributed by atoms with E-state index in [1.54, 1.807) is 19.1 Å². The summed E-state index contributed by atoms with van der Waals surface area (Å²) >= 11 is 0. The largest absolute Gasteiger partial charge is 0.480 e. The standard InChI is InChI=1S/C13H17FN2O3/c1-3-5-10(12(17)18)16-13(19)15-9-7-4-6-8(2)11(9)14/h4,6-7,10H,3,5H2,1-2H3,(H,17,18)(H2,15,16,19)/t10-/m1/s1. The number of anilines is 1. The number of carbonyl (C=O) groups excluding carboxylic acids is 1. The Labute approximate surface area is 110 Å². The monoisotopic (exact) mass is 268 g/mol. The quantitative estimate of drug-likeness (QED) is 0.767. The summed E-state index contributed by atoms with van der Waals surface area (Å²) in [5, 5.41) is 13.5. The highest BCUT2D eigenvalue weighted by molar-refractivity contribution is 5.92. The van der Waals surface area contributed by atoms with Gasteiger partial charge in [0.1, 0.15) is 11.9 Å². The highest BCUT2D eigenvalue weighted by Gasteiger charge is 2.19. The fourth-order valence-corrected chi connectivity index (χ4v) is 1.61. The number of hydrogen-bond donors (Lipinski definition) is 3. The summed E-state index contributed by atoms with van der Waals surface area (Å²) < 4.78 is 13.6. The summed E-state index contributed by atoms with van der Waals surface area (Å²) in [5.41, 5.74) is 0.430. The van der Waals surface area contributed by atoms with Gasteiger partial charge >= 0.3 is 12.0 Å². The summed E-state index contributed by atoms with van der Waals surface area (Å²) in [7, 11) is 0. The Morgan fingerprint density at radius 1 is 1.42 bits per heavy atom. The lowest BCUT2D eigenvalue weighted by molar-refractivity contribution is -0.139. The van der Waals surface area contributed by atoms with Crippen molar-refractivity contribution in [2.45, 2.75) is 32.7 Å². The minimum absolute atomic E-state index is 0.0261. The van der Waals surface area contributed by atoms with Gasteiger partial charge in [0.2, 0.25) is 0 Å². The molecule has 0 radical (unpaired) electrons. The predicted molar refractivity (Wildman–Crippen MR) is 69.6 cm³/mol. The van der Waals surface area contributed by atoms with E-state index in [1.807, 2.05) is 6.92 Å². The van der Waals surface area contributed by atoms with Crippen LogP contribution in [-0.2, 0) is 4.79 Å². The van der Waals surface area contributed by atoms with Crippen LogP contribution in [0.15, 0.2) is 18.2 Å². The molecular formula is C13H17FN2O3. The van der Waals surface area contributed by atoms with Gasteiger partial charge in [-0.1, -0.05) is 25.5 Å². The van der Waals surface area contributed by atoms with E-state index in [9.17, 15) is 14.0 Å². The lowest BCUT2D eigenvalue weighted by atomic mass is 10.2. The molecule has 1 aromatic carbocycles. The van der Waals surface area contributed by atoms with Crippen LogP contribution in [0.2, 0.25) is 0 Å². The first-order valence-corrected chi connectivity index (χ1v) is 6.01. The molecule has 0 aliphatic rings. The van der Waals surface area contributed by atoms with Crippen molar-refractivity contribution in [1.82, 2.24) is 5.32 Å². The Morgan fingerprint density at radius 2 is 2.11 bits per heavy atom. The molecule has 0 saturated carbocycles. The number of hydrogen-bond acceptors (Lipinski definition) is 2. The zero-order chi connectivity index (χ0) is 14.4. The van der Waals surface area contributed by atoms with Crippen LogP contribution in [0.4, 0.5) is 14.9 Å². The number of aryl methyl sites for hydroxylation is 1. The fraction of sp³-hybridized carbons (Fsp3) is 0.385. The SMILES string of the molecule is CCC[C@@H](NC(=O)Nc1cccc(C)c1F)C(=O)O. The molecule has 2 amide bonds. The van der Waals surface area contributed by atoms with E-state index in [1.165, 1.54) is 6.07 Å². The molecule has 5 nitrogen and oxygen atoms in total. The average Bonchev–Trinajstić information content (AvgIpc) is 2.34. The molecule has 0 bridgehead atoms. The lowest BCUT2D eigenvalue weighted by Crippen LogP contribution is -2.43. The Morgan fingerprint density at radius 3 is 2.68 bits per heavy atom. The van der Waals surface area contributed by atoms with Crippen molar-refractivity contribution in [2.24, 2.45) is 0 Å². The van der Waals surface area contributed by atoms with Crippen molar-refractivity contribution in [3.05, 3.63) is 29.6 Å². The number of urea groups is 1. The molecule has 0 saturated heterocycles. The van der Waals surface area contributed by atoms with E-state index in [0.717, 1.165) is 0 Å². The second-order valence-corrected chi connectivity index (χ2v) is 4.21. The van der Waals surface area contributed by atoms with Crippen molar-refractivity contribution in [3.63, 3.8) is 0 Å². The van der Waals surface area contributed by atoms with E-state index >= 15 is 0 Å². The maximum absolute atomic E-state index is 13.6. The van der Waals surface area contributed by atoms with Crippen LogP contribution in [0, 0.1) is 12.7 Å². The Bertz CT molecular complexity index is 477. The molecule has 3 N–H and O–H groups in total. The smallest absolute Gasteiger partial charge is 0.326 e. The third-order valence-electron chi connectivity index (χ3n) is 2.62. The highest BCUT2D eigenvalue weighted by atomic mass is 19.1. The molecule has 0 fully saturated rings. The number of amides is 2. The summed E-state index contributed by atoms with van der Waals surface area (Å²) in [6.45, 7) is 3.39. The van der Waals surface area contributed by atoms with Gasteiger partial charge in [0.25, 0.3) is 0 Å². The molecule has 19 heavy (non-hydrogen) atoms. The summed E-state index contributed by atoms with van der Waals surface area (Å²) in [4.78, 5) is 22.5. The van der Waals surface area contributed by atoms with Gasteiger partial charge in [-0.05, 0) is 25.0 Å². The summed E-state index contributed by atoms with van der Waals surface area (Å²) in [5.74, 6) is -1.64. The van der Waals surface area contributed by atoms with Gasteiger partial charge in [-0.15, -0.1) is 0 Å². The average molecular weight is 268 g/mol. The number of rotatable bonds is 5. The number of nitrogens with one attached hydrogen (secondary N) is 2. The third kappa shape index (κ3) is 4.24. The molecule has 0 spiro atoms. The zero-order valence-electron chi connectivity index (χ0n) is 10.9. The molecule has 6 heteroatoms.